The van der Waals surface area contributed by atoms with Crippen molar-refractivity contribution in [3.8, 4) is 0 Å². The van der Waals surface area contributed by atoms with E-state index >= 15 is 0 Å². The van der Waals surface area contributed by atoms with Crippen LogP contribution in [0.5, 0.6) is 0 Å². The zero-order valence-corrected chi connectivity index (χ0v) is 20.7. The molecule has 1 radical (unpaired) electrons. The number of hydrogen-bond donors (Lipinski definition) is 2. The summed E-state index contributed by atoms with van der Waals surface area (Å²) in [5, 5.41) is 6.08. The molecule has 35 heavy (non-hydrogen) atoms. The van der Waals surface area contributed by atoms with Gasteiger partial charge in [0.2, 0.25) is 0 Å². The molecule has 0 spiro atoms. The van der Waals surface area contributed by atoms with Gasteiger partial charge >= 0.3 is 0 Å². The number of hydrogen-bond acceptors (Lipinski definition) is 6. The molecule has 2 N–H and O–H groups in total. The number of carbonyl (C=O) groups is 2. The number of carbonyl (C=O) groups excluding carboxylic acids is 2. The van der Waals surface area contributed by atoms with Crippen molar-refractivity contribution in [3.05, 3.63) is 120 Å². The van der Waals surface area contributed by atoms with Crippen molar-refractivity contribution >= 4 is 23.2 Å². The average Bonchev–Trinajstić information content (AvgIpc) is 2.88. The Morgan fingerprint density at radius 2 is 1.06 bits per heavy atom. The Kier molecular flexibility index (Phi) is 11.3. The summed E-state index contributed by atoms with van der Waals surface area (Å²) in [7, 11) is 0. The molecule has 0 unspecified atom stereocenters. The van der Waals surface area contributed by atoms with Crippen molar-refractivity contribution in [2.45, 2.75) is 26.7 Å². The van der Waals surface area contributed by atoms with Crippen LogP contribution in [0.2, 0.25) is 0 Å². The SMILES string of the molecule is CCc1cccc(NC=C2C=CC=CC2=O)n1.CCc1cccc(NC=C2C=CC=CC2=O)n1.[Co]. The number of aromatic nitrogens is 2. The third kappa shape index (κ3) is 8.81. The van der Waals surface area contributed by atoms with Crippen molar-refractivity contribution in [2.24, 2.45) is 0 Å². The second-order valence-corrected chi connectivity index (χ2v) is 7.39. The van der Waals surface area contributed by atoms with E-state index in [-0.39, 0.29) is 28.3 Å². The number of allylic oxidation sites excluding steroid dienone is 10. The molecule has 0 aliphatic heterocycles. The number of anilines is 2. The van der Waals surface area contributed by atoms with Crippen molar-refractivity contribution in [1.82, 2.24) is 9.97 Å². The topological polar surface area (TPSA) is 84.0 Å². The van der Waals surface area contributed by atoms with Crippen LogP contribution in [0.25, 0.3) is 0 Å². The van der Waals surface area contributed by atoms with E-state index in [0.717, 1.165) is 35.9 Å². The molecule has 7 heteroatoms. The van der Waals surface area contributed by atoms with Gasteiger partial charge in [0.05, 0.1) is 0 Å². The fourth-order valence-corrected chi connectivity index (χ4v) is 3.02. The third-order valence-corrected chi connectivity index (χ3v) is 4.93. The van der Waals surface area contributed by atoms with Crippen molar-refractivity contribution in [2.75, 3.05) is 10.6 Å². The van der Waals surface area contributed by atoms with Crippen LogP contribution in [0.1, 0.15) is 25.2 Å². The van der Waals surface area contributed by atoms with Crippen LogP contribution in [0.15, 0.2) is 109 Å². The maximum atomic E-state index is 11.5. The van der Waals surface area contributed by atoms with E-state index in [4.69, 9.17) is 0 Å². The summed E-state index contributed by atoms with van der Waals surface area (Å²) >= 11 is 0. The largest absolute Gasteiger partial charge is 0.346 e. The zero-order chi connectivity index (χ0) is 24.2. The Morgan fingerprint density at radius 1 is 0.657 bits per heavy atom. The molecule has 2 heterocycles. The van der Waals surface area contributed by atoms with E-state index in [9.17, 15) is 9.59 Å². The molecule has 0 atom stereocenters. The second-order valence-electron chi connectivity index (χ2n) is 7.39. The van der Waals surface area contributed by atoms with Crippen LogP contribution >= 0.6 is 0 Å². The van der Waals surface area contributed by atoms with Gasteiger partial charge in [0.25, 0.3) is 0 Å². The quantitative estimate of drug-likeness (QED) is 0.515. The molecule has 0 saturated heterocycles. The number of ketones is 2. The summed E-state index contributed by atoms with van der Waals surface area (Å²) in [4.78, 5) is 31.7. The van der Waals surface area contributed by atoms with Gasteiger partial charge in [-0.2, -0.15) is 0 Å². The summed E-state index contributed by atoms with van der Waals surface area (Å²) < 4.78 is 0. The van der Waals surface area contributed by atoms with Crippen LogP contribution in [-0.4, -0.2) is 21.5 Å². The van der Waals surface area contributed by atoms with Gasteiger partial charge < -0.3 is 10.6 Å². The minimum absolute atomic E-state index is 0. The van der Waals surface area contributed by atoms with Gasteiger partial charge in [-0.25, -0.2) is 9.97 Å². The first-order valence-corrected chi connectivity index (χ1v) is 11.2. The molecule has 0 aromatic carbocycles. The normalized spacial score (nSPS) is 16.1. The van der Waals surface area contributed by atoms with Gasteiger partial charge in [-0.3, -0.25) is 9.59 Å². The molecule has 2 aliphatic rings. The minimum Gasteiger partial charge on any atom is -0.346 e. The molecule has 2 aromatic rings. The third-order valence-electron chi connectivity index (χ3n) is 4.93. The molecule has 6 nitrogen and oxygen atoms in total. The average molecular weight is 511 g/mol. The predicted octanol–water partition coefficient (Wildman–Crippen LogP) is 5.27. The monoisotopic (exact) mass is 511 g/mol. The molecule has 2 aliphatic carbocycles. The first-order chi connectivity index (χ1) is 16.6. The number of nitrogens with zero attached hydrogens (tertiary/aromatic N) is 2. The van der Waals surface area contributed by atoms with E-state index in [1.165, 1.54) is 0 Å². The molecule has 0 fully saturated rings. The fourth-order valence-electron chi connectivity index (χ4n) is 3.02. The van der Waals surface area contributed by atoms with E-state index < -0.39 is 0 Å². The van der Waals surface area contributed by atoms with E-state index in [0.29, 0.717) is 11.1 Å². The Bertz CT molecular complexity index is 1130. The van der Waals surface area contributed by atoms with Crippen molar-refractivity contribution < 1.29 is 26.4 Å². The minimum atomic E-state index is 0. The van der Waals surface area contributed by atoms with Gasteiger partial charge in [0.1, 0.15) is 11.6 Å². The van der Waals surface area contributed by atoms with Crippen molar-refractivity contribution in [1.29, 1.82) is 0 Å². The number of pyridine rings is 2. The maximum Gasteiger partial charge on any atom is 0.187 e. The van der Waals surface area contributed by atoms with Gasteiger partial charge in [0, 0.05) is 51.7 Å². The fraction of sp³-hybridized carbons (Fsp3) is 0.143. The maximum absolute atomic E-state index is 11.5. The Morgan fingerprint density at radius 3 is 1.43 bits per heavy atom. The van der Waals surface area contributed by atoms with Gasteiger partial charge in [-0.05, 0) is 61.4 Å². The summed E-state index contributed by atoms with van der Waals surface area (Å²) in [6.45, 7) is 4.12. The van der Waals surface area contributed by atoms with Crippen molar-refractivity contribution in [3.63, 3.8) is 0 Å². The first kappa shape index (κ1) is 27.4. The molecule has 181 valence electrons. The Hall–Kier alpha value is -3.81. The van der Waals surface area contributed by atoms with Crippen LogP contribution < -0.4 is 10.6 Å². The Labute approximate surface area is 216 Å². The van der Waals surface area contributed by atoms with E-state index in [2.05, 4.69) is 34.4 Å². The number of nitrogens with one attached hydrogen (secondary N) is 2. The summed E-state index contributed by atoms with van der Waals surface area (Å²) in [6.07, 6.45) is 18.9. The molecule has 0 amide bonds. The van der Waals surface area contributed by atoms with Crippen LogP contribution in [0, 0.1) is 0 Å². The van der Waals surface area contributed by atoms with E-state index in [1.54, 1.807) is 48.9 Å². The number of rotatable bonds is 6. The van der Waals surface area contributed by atoms with Crippen LogP contribution in [0.3, 0.4) is 0 Å². The Balaban J connectivity index is 0.000000240. The number of aryl methyl sites for hydroxylation is 2. The molecular formula is C28H28CoN4O2. The first-order valence-electron chi connectivity index (χ1n) is 11.2. The van der Waals surface area contributed by atoms with Crippen LogP contribution in [0.4, 0.5) is 11.6 Å². The van der Waals surface area contributed by atoms with Crippen LogP contribution in [-0.2, 0) is 39.2 Å². The molecule has 2 aromatic heterocycles. The molecule has 0 bridgehead atoms. The zero-order valence-electron chi connectivity index (χ0n) is 19.7. The van der Waals surface area contributed by atoms with Gasteiger partial charge in [-0.15, -0.1) is 0 Å². The predicted molar refractivity (Wildman–Crippen MR) is 137 cm³/mol. The van der Waals surface area contributed by atoms with E-state index in [1.807, 2.05) is 48.6 Å². The summed E-state index contributed by atoms with van der Waals surface area (Å²) in [5.41, 5.74) is 3.32. The second kappa shape index (κ2) is 14.4. The smallest absolute Gasteiger partial charge is 0.187 e. The molecule has 0 saturated carbocycles. The molecule has 4 rings (SSSR count). The van der Waals surface area contributed by atoms with Gasteiger partial charge in [0.15, 0.2) is 11.6 Å². The summed E-state index contributed by atoms with van der Waals surface area (Å²) in [5.74, 6) is 1.53. The summed E-state index contributed by atoms with van der Waals surface area (Å²) in [6, 6.07) is 11.6. The molecular weight excluding hydrogens is 483 g/mol. The van der Waals surface area contributed by atoms with Gasteiger partial charge in [-0.1, -0.05) is 50.3 Å². The standard InChI is InChI=1S/2C14H14N2O.Co/c2*1-2-12-7-5-9-14(16-12)15-10-11-6-3-4-8-13(11)17;/h2*3-10H,2H2,1H3,(H,15,16);.